The highest BCUT2D eigenvalue weighted by Gasteiger charge is 2.42. The molecule has 0 spiro atoms. The smallest absolute Gasteiger partial charge is 0.373 e. The van der Waals surface area contributed by atoms with Crippen LogP contribution in [0.1, 0.15) is 5.56 Å². The molecule has 0 unspecified atom stereocenters. The van der Waals surface area contributed by atoms with Crippen molar-refractivity contribution in [1.29, 1.82) is 0 Å². The first-order chi connectivity index (χ1) is 7.09. The molecule has 1 aromatic rings. The van der Waals surface area contributed by atoms with Crippen LogP contribution >= 0.6 is 11.6 Å². The third kappa shape index (κ3) is 2.41. The van der Waals surface area contributed by atoms with Crippen molar-refractivity contribution in [2.75, 3.05) is 21.3 Å². The topological polar surface area (TPSA) is 27.7 Å². The average Bonchev–Trinajstić information content (AvgIpc) is 2.23. The van der Waals surface area contributed by atoms with E-state index in [0.29, 0.717) is 5.02 Å². The van der Waals surface area contributed by atoms with Gasteiger partial charge >= 0.3 is 8.80 Å². The normalized spacial score (nSPS) is 11.8. The summed E-state index contributed by atoms with van der Waals surface area (Å²) in [7, 11) is 1.90. The number of benzene rings is 1. The molecule has 5 heteroatoms. The van der Waals surface area contributed by atoms with E-state index in [4.69, 9.17) is 24.9 Å². The Hall–Kier alpha value is -0.393. The Kier molecular flexibility index (Phi) is 4.30. The van der Waals surface area contributed by atoms with E-state index in [0.717, 1.165) is 10.8 Å². The van der Waals surface area contributed by atoms with Gasteiger partial charge in [0.2, 0.25) is 0 Å². The summed E-state index contributed by atoms with van der Waals surface area (Å²) in [5.41, 5.74) is 1.09. The van der Waals surface area contributed by atoms with Gasteiger partial charge in [-0.25, -0.2) is 0 Å². The van der Waals surface area contributed by atoms with Crippen molar-refractivity contribution in [3.05, 3.63) is 28.8 Å². The Morgan fingerprint density at radius 1 is 1.07 bits per heavy atom. The van der Waals surface area contributed by atoms with Crippen LogP contribution < -0.4 is 5.19 Å². The molecule has 0 saturated carbocycles. The van der Waals surface area contributed by atoms with Crippen LogP contribution in [0.4, 0.5) is 0 Å². The molecule has 1 rings (SSSR count). The van der Waals surface area contributed by atoms with Gasteiger partial charge in [-0.15, -0.1) is 0 Å². The summed E-state index contributed by atoms with van der Waals surface area (Å²) < 4.78 is 16.1. The van der Waals surface area contributed by atoms with Gasteiger partial charge in [-0.05, 0) is 18.6 Å². The number of hydrogen-bond donors (Lipinski definition) is 0. The van der Waals surface area contributed by atoms with E-state index in [1.807, 2.05) is 25.1 Å². The zero-order chi connectivity index (χ0) is 11.5. The van der Waals surface area contributed by atoms with Gasteiger partial charge in [0, 0.05) is 31.5 Å². The van der Waals surface area contributed by atoms with Crippen molar-refractivity contribution < 1.29 is 13.3 Å². The maximum Gasteiger partial charge on any atom is 0.537 e. The number of halogens is 1. The van der Waals surface area contributed by atoms with Crippen LogP contribution in [-0.4, -0.2) is 30.1 Å². The van der Waals surface area contributed by atoms with E-state index < -0.39 is 8.80 Å². The monoisotopic (exact) mass is 246 g/mol. The Bertz CT molecular complexity index is 331. The van der Waals surface area contributed by atoms with E-state index in [1.54, 1.807) is 21.3 Å². The number of hydrogen-bond acceptors (Lipinski definition) is 3. The van der Waals surface area contributed by atoms with Crippen LogP contribution in [0, 0.1) is 6.92 Å². The highest BCUT2D eigenvalue weighted by atomic mass is 35.5. The molecule has 0 aliphatic carbocycles. The first-order valence-electron chi connectivity index (χ1n) is 4.51. The summed E-state index contributed by atoms with van der Waals surface area (Å²) in [4.78, 5) is 0. The second-order valence-electron chi connectivity index (χ2n) is 3.15. The Morgan fingerprint density at radius 3 is 2.00 bits per heavy atom. The summed E-state index contributed by atoms with van der Waals surface area (Å²) in [5.74, 6) is 0. The van der Waals surface area contributed by atoms with Crippen molar-refractivity contribution in [3.8, 4) is 0 Å². The maximum absolute atomic E-state index is 6.14. The van der Waals surface area contributed by atoms with E-state index in [-0.39, 0.29) is 0 Å². The van der Waals surface area contributed by atoms with Gasteiger partial charge in [0.15, 0.2) is 0 Å². The molecule has 0 N–H and O–H groups in total. The molecule has 3 nitrogen and oxygen atoms in total. The summed E-state index contributed by atoms with van der Waals surface area (Å²) in [5, 5.41) is 1.41. The molecule has 15 heavy (non-hydrogen) atoms. The minimum atomic E-state index is -2.79. The lowest BCUT2D eigenvalue weighted by Gasteiger charge is -2.25. The fourth-order valence-corrected chi connectivity index (χ4v) is 3.84. The highest BCUT2D eigenvalue weighted by molar-refractivity contribution is 6.77. The predicted molar refractivity (Wildman–Crippen MR) is 62.6 cm³/mol. The van der Waals surface area contributed by atoms with Crippen molar-refractivity contribution in [1.82, 2.24) is 0 Å². The molecule has 0 radical (unpaired) electrons. The fourth-order valence-electron chi connectivity index (χ4n) is 1.45. The van der Waals surface area contributed by atoms with Crippen LogP contribution in [0.5, 0.6) is 0 Å². The van der Waals surface area contributed by atoms with E-state index in [2.05, 4.69) is 0 Å². The Morgan fingerprint density at radius 2 is 1.60 bits per heavy atom. The largest absolute Gasteiger partial charge is 0.537 e. The van der Waals surface area contributed by atoms with Gasteiger partial charge in [0.1, 0.15) is 0 Å². The summed E-state index contributed by atoms with van der Waals surface area (Å²) in [6.45, 7) is 1.98. The standard InChI is InChI=1S/C10H15ClO3Si/c1-8-5-6-10(9(11)7-8)15(12-2,13-3)14-4/h5-7H,1-4H3. The number of rotatable bonds is 4. The van der Waals surface area contributed by atoms with Gasteiger partial charge in [-0.3, -0.25) is 0 Å². The molecule has 84 valence electrons. The van der Waals surface area contributed by atoms with Crippen LogP contribution in [0.2, 0.25) is 5.02 Å². The predicted octanol–water partition coefficient (Wildman–Crippen LogP) is 1.73. The van der Waals surface area contributed by atoms with Crippen LogP contribution in [0.15, 0.2) is 18.2 Å². The average molecular weight is 247 g/mol. The Labute approximate surface area is 96.3 Å². The first kappa shape index (κ1) is 12.7. The van der Waals surface area contributed by atoms with Gasteiger partial charge in [0.25, 0.3) is 0 Å². The molecule has 0 atom stereocenters. The van der Waals surface area contributed by atoms with Crippen molar-refractivity contribution in [2.45, 2.75) is 6.92 Å². The minimum absolute atomic E-state index is 0.618. The maximum atomic E-state index is 6.14. The third-order valence-electron chi connectivity index (χ3n) is 2.26. The lowest BCUT2D eigenvalue weighted by Crippen LogP contribution is -2.55. The fraction of sp³-hybridized carbons (Fsp3) is 0.400. The summed E-state index contributed by atoms with van der Waals surface area (Å²) in [6, 6.07) is 5.72. The zero-order valence-electron chi connectivity index (χ0n) is 9.33. The molecule has 0 amide bonds. The molecule has 0 fully saturated rings. The van der Waals surface area contributed by atoms with Crippen LogP contribution in [0.3, 0.4) is 0 Å². The Balaban J connectivity index is 3.22. The van der Waals surface area contributed by atoms with Crippen molar-refractivity contribution in [2.24, 2.45) is 0 Å². The van der Waals surface area contributed by atoms with Crippen LogP contribution in [-0.2, 0) is 13.3 Å². The lowest BCUT2D eigenvalue weighted by molar-refractivity contribution is 0.140. The van der Waals surface area contributed by atoms with Crippen molar-refractivity contribution in [3.63, 3.8) is 0 Å². The van der Waals surface area contributed by atoms with Crippen molar-refractivity contribution >= 4 is 25.6 Å². The molecule has 0 heterocycles. The zero-order valence-corrected chi connectivity index (χ0v) is 11.1. The van der Waals surface area contributed by atoms with Gasteiger partial charge in [-0.2, -0.15) is 0 Å². The number of aryl methyl sites for hydroxylation is 1. The molecular weight excluding hydrogens is 232 g/mol. The van der Waals surface area contributed by atoms with Gasteiger partial charge in [-0.1, -0.05) is 23.7 Å². The molecule has 0 aromatic heterocycles. The molecule has 0 aliphatic rings. The first-order valence-corrected chi connectivity index (χ1v) is 6.62. The van der Waals surface area contributed by atoms with Crippen LogP contribution in [0.25, 0.3) is 0 Å². The SMILES string of the molecule is CO[Si](OC)(OC)c1ccc(C)cc1Cl. The molecule has 0 bridgehead atoms. The van der Waals surface area contributed by atoms with E-state index in [1.165, 1.54) is 0 Å². The second-order valence-corrected chi connectivity index (χ2v) is 6.43. The molecule has 1 aromatic carbocycles. The molecule has 0 aliphatic heterocycles. The summed E-state index contributed by atoms with van der Waals surface area (Å²) >= 11 is 6.14. The second kappa shape index (κ2) is 5.09. The quantitative estimate of drug-likeness (QED) is 0.758. The summed E-state index contributed by atoms with van der Waals surface area (Å²) in [6.07, 6.45) is 0. The van der Waals surface area contributed by atoms with E-state index >= 15 is 0 Å². The minimum Gasteiger partial charge on any atom is -0.373 e. The van der Waals surface area contributed by atoms with E-state index in [9.17, 15) is 0 Å². The molecular formula is C10H15ClO3Si. The lowest BCUT2D eigenvalue weighted by atomic mass is 10.2. The van der Waals surface area contributed by atoms with Gasteiger partial charge < -0.3 is 13.3 Å². The third-order valence-corrected chi connectivity index (χ3v) is 5.44. The molecule has 0 saturated heterocycles. The highest BCUT2D eigenvalue weighted by Crippen LogP contribution is 2.15. The van der Waals surface area contributed by atoms with Gasteiger partial charge in [0.05, 0.1) is 0 Å².